The zero-order valence-corrected chi connectivity index (χ0v) is 35.7. The first-order valence-corrected chi connectivity index (χ1v) is 20.1. The summed E-state index contributed by atoms with van der Waals surface area (Å²) in [5.74, 6) is -6.59. The molecule has 1 unspecified atom stereocenters. The number of hydrogen-bond donors (Lipinski definition) is 4. The van der Waals surface area contributed by atoms with Crippen molar-refractivity contribution in [2.24, 2.45) is 16.7 Å². The molecule has 18 heteroatoms. The lowest BCUT2D eigenvalue weighted by Gasteiger charge is -2.67. The van der Waals surface area contributed by atoms with Crippen LogP contribution in [0.25, 0.3) is 0 Å². The minimum atomic E-state index is -2.44. The van der Waals surface area contributed by atoms with Crippen LogP contribution in [0.1, 0.15) is 83.5 Å². The van der Waals surface area contributed by atoms with Crippen LogP contribution < -0.4 is 5.32 Å². The Morgan fingerprint density at radius 2 is 1.69 bits per heavy atom. The fourth-order valence-corrected chi connectivity index (χ4v) is 9.69. The number of allylic oxidation sites excluding steroid dienone is 1. The number of Topliss-reactive ketones (excluding diaryl/α,β-unsaturated/α-hetero) is 1. The Labute approximate surface area is 357 Å². The zero-order valence-electron chi connectivity index (χ0n) is 35.7. The second-order valence-electron chi connectivity index (χ2n) is 17.2. The molecule has 1 aliphatic heterocycles. The number of amides is 1. The van der Waals surface area contributed by atoms with E-state index in [2.05, 4.69) is 5.32 Å². The monoisotopic (exact) mass is 867 g/mol. The molecule has 1 saturated heterocycles. The highest BCUT2D eigenvalue weighted by Crippen LogP contribution is 2.64. The summed E-state index contributed by atoms with van der Waals surface area (Å²) in [6.45, 7) is 9.51. The molecule has 2 saturated carbocycles. The van der Waals surface area contributed by atoms with Crippen molar-refractivity contribution in [3.8, 4) is 0 Å². The fraction of sp³-hybridized carbons (Fsp3) is 0.545. The predicted octanol–water partition coefficient (Wildman–Crippen LogP) is 3.18. The molecule has 11 atom stereocenters. The summed E-state index contributed by atoms with van der Waals surface area (Å²) in [5, 5.41) is 39.9. The van der Waals surface area contributed by atoms with E-state index < -0.39 is 119 Å². The number of aliphatic hydroxyl groups excluding tert-OH is 2. The molecule has 6 rings (SSSR count). The van der Waals surface area contributed by atoms with E-state index in [9.17, 15) is 39.3 Å². The predicted molar refractivity (Wildman–Crippen MR) is 211 cm³/mol. The average Bonchev–Trinajstić information content (AvgIpc) is 3.75. The van der Waals surface area contributed by atoms with Gasteiger partial charge in [-0.15, -0.1) is 0 Å². The fourth-order valence-electron chi connectivity index (χ4n) is 9.69. The number of alkyl carbamates (subject to hydrolysis) is 1. The van der Waals surface area contributed by atoms with Crippen LogP contribution in [0.4, 0.5) is 4.79 Å². The molecule has 0 radical (unpaired) electrons. The molecule has 2 aromatic rings. The Bertz CT molecular complexity index is 2130. The SMILES string of the molecule is COCC(=O)O[C@H]1C[C@H]2OC[C@@]2(OC(C)=O)C2[C@H](OC(=O)c3ccccc3)[C@]3(O)C[C@H](OC(=O)[C@H](O)[C@@H](NC(=O)OC=C(C)C)c4ccco4)C(C)=C([C@@H](O)C(=O)[C@@]21C)C3(C)C. The summed E-state index contributed by atoms with van der Waals surface area (Å²) >= 11 is 0. The molecule has 1 amide bonds. The number of benzene rings is 1. The Hall–Kier alpha value is -5.40. The highest BCUT2D eigenvalue weighted by molar-refractivity contribution is 5.94. The van der Waals surface area contributed by atoms with E-state index in [1.54, 1.807) is 32.0 Å². The normalized spacial score (nSPS) is 31.8. The third-order valence-electron chi connectivity index (χ3n) is 12.8. The molecule has 336 valence electrons. The molecule has 4 N–H and O–H groups in total. The second-order valence-corrected chi connectivity index (χ2v) is 17.2. The second kappa shape index (κ2) is 17.4. The topological polar surface area (TPSA) is 253 Å². The van der Waals surface area contributed by atoms with E-state index in [4.69, 9.17) is 37.6 Å². The van der Waals surface area contributed by atoms with Crippen LogP contribution >= 0.6 is 0 Å². The number of methoxy groups -OCH3 is 1. The third kappa shape index (κ3) is 7.94. The van der Waals surface area contributed by atoms with Gasteiger partial charge >= 0.3 is 30.0 Å². The Kier molecular flexibility index (Phi) is 12.9. The van der Waals surface area contributed by atoms with Crippen LogP contribution in [0.5, 0.6) is 0 Å². The van der Waals surface area contributed by atoms with Gasteiger partial charge in [0.15, 0.2) is 17.5 Å². The highest BCUT2D eigenvalue weighted by Gasteiger charge is 2.78. The van der Waals surface area contributed by atoms with Gasteiger partial charge in [0, 0.05) is 32.3 Å². The number of ether oxygens (including phenoxy) is 7. The average molecular weight is 868 g/mol. The number of fused-ring (bicyclic) bond motifs is 5. The Morgan fingerprint density at radius 3 is 2.27 bits per heavy atom. The first kappa shape index (κ1) is 46.1. The molecule has 4 aliphatic rings. The van der Waals surface area contributed by atoms with Gasteiger partial charge < -0.3 is 58.2 Å². The van der Waals surface area contributed by atoms with Crippen molar-refractivity contribution in [3.63, 3.8) is 0 Å². The van der Waals surface area contributed by atoms with E-state index in [-0.39, 0.29) is 35.5 Å². The maximum Gasteiger partial charge on any atom is 0.412 e. The number of esters is 4. The van der Waals surface area contributed by atoms with Gasteiger partial charge in [0.25, 0.3) is 0 Å². The summed E-state index contributed by atoms with van der Waals surface area (Å²) in [6, 6.07) is 9.05. The Morgan fingerprint density at radius 1 is 1.00 bits per heavy atom. The van der Waals surface area contributed by atoms with Gasteiger partial charge in [-0.25, -0.2) is 19.2 Å². The van der Waals surface area contributed by atoms with Crippen LogP contribution in [0, 0.1) is 16.7 Å². The molecule has 0 spiro atoms. The van der Waals surface area contributed by atoms with Crippen molar-refractivity contribution in [1.82, 2.24) is 5.32 Å². The molecular weight excluding hydrogens is 814 g/mol. The number of ketones is 1. The number of hydrogen-bond acceptors (Lipinski definition) is 17. The first-order valence-electron chi connectivity index (χ1n) is 20.1. The van der Waals surface area contributed by atoms with E-state index >= 15 is 4.79 Å². The molecule has 2 bridgehead atoms. The lowest BCUT2D eigenvalue weighted by atomic mass is 9.44. The minimum absolute atomic E-state index is 0.0410. The van der Waals surface area contributed by atoms with Crippen molar-refractivity contribution in [2.75, 3.05) is 20.3 Å². The first-order chi connectivity index (χ1) is 29.1. The van der Waals surface area contributed by atoms with Gasteiger partial charge in [0.05, 0.1) is 36.0 Å². The molecule has 3 fully saturated rings. The number of aliphatic hydroxyl groups is 3. The summed E-state index contributed by atoms with van der Waals surface area (Å²) in [4.78, 5) is 82.6. The van der Waals surface area contributed by atoms with Crippen LogP contribution in [0.3, 0.4) is 0 Å². The number of carbonyl (C=O) groups is 6. The van der Waals surface area contributed by atoms with Crippen LogP contribution in [-0.4, -0.2) is 119 Å². The van der Waals surface area contributed by atoms with Gasteiger partial charge in [0.2, 0.25) is 0 Å². The van der Waals surface area contributed by atoms with E-state index in [1.165, 1.54) is 65.3 Å². The zero-order chi connectivity index (χ0) is 45.5. The van der Waals surface area contributed by atoms with Crippen molar-refractivity contribution < 1.29 is 81.7 Å². The van der Waals surface area contributed by atoms with E-state index in [0.717, 1.165) is 13.2 Å². The Balaban J connectivity index is 1.52. The van der Waals surface area contributed by atoms with Gasteiger partial charge in [-0.3, -0.25) is 9.59 Å². The maximum atomic E-state index is 15.4. The largest absolute Gasteiger partial charge is 0.467 e. The minimum Gasteiger partial charge on any atom is -0.467 e. The number of carbonyl (C=O) groups excluding carboxylic acids is 6. The molecule has 1 aromatic carbocycles. The van der Waals surface area contributed by atoms with E-state index in [1.807, 2.05) is 0 Å². The highest BCUT2D eigenvalue weighted by atomic mass is 16.6. The molecule has 3 aliphatic carbocycles. The molecular formula is C44H53NO17. The summed E-state index contributed by atoms with van der Waals surface area (Å²) in [5.41, 5.74) is -7.38. The number of furan rings is 1. The van der Waals surface area contributed by atoms with Gasteiger partial charge in [-0.05, 0) is 68.7 Å². The third-order valence-corrected chi connectivity index (χ3v) is 12.8. The molecule has 18 nitrogen and oxygen atoms in total. The van der Waals surface area contributed by atoms with Crippen LogP contribution in [0.15, 0.2) is 76.1 Å². The smallest absolute Gasteiger partial charge is 0.412 e. The van der Waals surface area contributed by atoms with Crippen molar-refractivity contribution in [3.05, 3.63) is 83.0 Å². The molecule has 1 aromatic heterocycles. The summed E-state index contributed by atoms with van der Waals surface area (Å²) in [7, 11) is 1.26. The summed E-state index contributed by atoms with van der Waals surface area (Å²) in [6.07, 6.45) is -9.60. The number of nitrogens with one attached hydrogen (secondary N) is 1. The van der Waals surface area contributed by atoms with Crippen molar-refractivity contribution in [2.45, 2.75) is 115 Å². The quantitative estimate of drug-likeness (QED) is 0.103. The molecule has 62 heavy (non-hydrogen) atoms. The van der Waals surface area contributed by atoms with Gasteiger partial charge in [-0.1, -0.05) is 32.0 Å². The van der Waals surface area contributed by atoms with Crippen molar-refractivity contribution in [1.29, 1.82) is 0 Å². The molecule has 2 heterocycles. The van der Waals surface area contributed by atoms with Crippen LogP contribution in [-0.2, 0) is 52.3 Å². The van der Waals surface area contributed by atoms with Gasteiger partial charge in [0.1, 0.15) is 54.5 Å². The number of rotatable bonds is 12. The van der Waals surface area contributed by atoms with Gasteiger partial charge in [-0.2, -0.15) is 0 Å². The lowest BCUT2D eigenvalue weighted by Crippen LogP contribution is -2.82. The maximum absolute atomic E-state index is 15.4. The standard InChI is InChI=1S/C44H53NO17/c1-22(2)19-57-40(53)45-32(26-15-12-16-56-26)34(49)39(52)59-27-18-44(54)37(61-38(51)25-13-10-9-11-14-25)35-42(7,36(50)33(48)31(23(27)3)41(44,5)6)28(60-30(47)20-55-8)17-29-43(35,21-58-29)62-24(4)46/h9-16,19,27-29,32-35,37,48-49,54H,17-18,20-21H2,1-8H3,(H,45,53)/t27-,28-,29+,32-,33+,34+,35?,37-,42+,43-,44+/m0/s1. The van der Waals surface area contributed by atoms with Crippen LogP contribution in [0.2, 0.25) is 0 Å². The summed E-state index contributed by atoms with van der Waals surface area (Å²) < 4.78 is 45.7. The van der Waals surface area contributed by atoms with E-state index in [0.29, 0.717) is 5.57 Å². The lowest BCUT2D eigenvalue weighted by molar-refractivity contribution is -0.346. The van der Waals surface area contributed by atoms with Crippen molar-refractivity contribution >= 4 is 35.8 Å².